The Labute approximate surface area is 181 Å². The molecule has 0 unspecified atom stereocenters. The fourth-order valence-corrected chi connectivity index (χ4v) is 3.77. The first-order valence-corrected chi connectivity index (χ1v) is 10.6. The predicted molar refractivity (Wildman–Crippen MR) is 125 cm³/mol. The van der Waals surface area contributed by atoms with Crippen molar-refractivity contribution in [2.45, 2.75) is 71.6 Å². The SMILES string of the molecule is CCC#CCOc1cc2c(cc1C=CC=CC(C)=CC(=O)O)C(C)(C)CCC2(C)C. The van der Waals surface area contributed by atoms with Gasteiger partial charge in [-0.1, -0.05) is 64.8 Å². The minimum absolute atomic E-state index is 0.110. The van der Waals surface area contributed by atoms with Crippen molar-refractivity contribution in [3.63, 3.8) is 0 Å². The summed E-state index contributed by atoms with van der Waals surface area (Å²) in [6.07, 6.45) is 11.9. The third-order valence-corrected chi connectivity index (χ3v) is 5.68. The van der Waals surface area contributed by atoms with Crippen molar-refractivity contribution in [2.24, 2.45) is 0 Å². The zero-order valence-electron chi connectivity index (χ0n) is 19.1. The summed E-state index contributed by atoms with van der Waals surface area (Å²) in [7, 11) is 0. The van der Waals surface area contributed by atoms with Gasteiger partial charge in [0.1, 0.15) is 12.4 Å². The number of carbonyl (C=O) groups is 1. The molecule has 1 aliphatic rings. The first-order valence-electron chi connectivity index (χ1n) is 10.6. The molecule has 30 heavy (non-hydrogen) atoms. The Morgan fingerprint density at radius 1 is 1.10 bits per heavy atom. The van der Waals surface area contributed by atoms with Gasteiger partial charge in [0, 0.05) is 18.1 Å². The molecule has 0 atom stereocenters. The third kappa shape index (κ3) is 6.13. The van der Waals surface area contributed by atoms with Gasteiger partial charge in [-0.25, -0.2) is 4.79 Å². The van der Waals surface area contributed by atoms with Gasteiger partial charge < -0.3 is 9.84 Å². The van der Waals surface area contributed by atoms with Gasteiger partial charge in [-0.2, -0.15) is 0 Å². The lowest BCUT2D eigenvalue weighted by molar-refractivity contribution is -0.131. The number of allylic oxidation sites excluding steroid dienone is 4. The molecule has 0 aliphatic heterocycles. The zero-order valence-corrected chi connectivity index (χ0v) is 19.1. The minimum Gasteiger partial charge on any atom is -0.480 e. The van der Waals surface area contributed by atoms with Gasteiger partial charge in [0.15, 0.2) is 0 Å². The monoisotopic (exact) mass is 406 g/mol. The van der Waals surface area contributed by atoms with Gasteiger partial charge in [-0.05, 0) is 59.4 Å². The second-order valence-corrected chi connectivity index (χ2v) is 9.14. The molecule has 160 valence electrons. The van der Waals surface area contributed by atoms with Crippen LogP contribution in [-0.2, 0) is 15.6 Å². The molecule has 2 rings (SSSR count). The highest BCUT2D eigenvalue weighted by Crippen LogP contribution is 2.47. The molecule has 0 aromatic heterocycles. The summed E-state index contributed by atoms with van der Waals surface area (Å²) in [6.45, 7) is 13.4. The van der Waals surface area contributed by atoms with Crippen LogP contribution in [0.3, 0.4) is 0 Å². The van der Waals surface area contributed by atoms with E-state index in [-0.39, 0.29) is 10.8 Å². The van der Waals surface area contributed by atoms with Crippen LogP contribution in [0.5, 0.6) is 5.75 Å². The summed E-state index contributed by atoms with van der Waals surface area (Å²) in [6, 6.07) is 4.45. The molecule has 1 N–H and O–H groups in total. The molecule has 0 amide bonds. The third-order valence-electron chi connectivity index (χ3n) is 5.68. The molecule has 3 heteroatoms. The normalized spacial score (nSPS) is 17.5. The summed E-state index contributed by atoms with van der Waals surface area (Å²) in [5.74, 6) is 6.01. The van der Waals surface area contributed by atoms with Crippen LogP contribution in [0.1, 0.15) is 77.5 Å². The highest BCUT2D eigenvalue weighted by molar-refractivity contribution is 5.81. The Morgan fingerprint density at radius 2 is 1.73 bits per heavy atom. The maximum atomic E-state index is 10.7. The van der Waals surface area contributed by atoms with Crippen molar-refractivity contribution in [3.05, 3.63) is 58.7 Å². The molecule has 0 saturated heterocycles. The number of hydrogen-bond donors (Lipinski definition) is 1. The van der Waals surface area contributed by atoms with E-state index in [0.29, 0.717) is 12.2 Å². The van der Waals surface area contributed by atoms with E-state index in [1.54, 1.807) is 13.0 Å². The molecular formula is C27H34O3. The van der Waals surface area contributed by atoms with Crippen LogP contribution < -0.4 is 4.74 Å². The molecule has 0 bridgehead atoms. The van der Waals surface area contributed by atoms with Gasteiger partial charge in [-0.15, -0.1) is 5.92 Å². The van der Waals surface area contributed by atoms with Crippen LogP contribution >= 0.6 is 0 Å². The Hall–Kier alpha value is -2.73. The second-order valence-electron chi connectivity index (χ2n) is 9.14. The average Bonchev–Trinajstić information content (AvgIpc) is 2.66. The molecule has 1 aromatic carbocycles. The maximum Gasteiger partial charge on any atom is 0.328 e. The summed E-state index contributed by atoms with van der Waals surface area (Å²) in [5.41, 5.74) is 4.65. The lowest BCUT2D eigenvalue weighted by Crippen LogP contribution is -2.34. The molecular weight excluding hydrogens is 372 g/mol. The van der Waals surface area contributed by atoms with Crippen LogP contribution in [-0.4, -0.2) is 17.7 Å². The summed E-state index contributed by atoms with van der Waals surface area (Å²) < 4.78 is 6.06. The van der Waals surface area contributed by atoms with Crippen molar-refractivity contribution >= 4 is 12.0 Å². The van der Waals surface area contributed by atoms with Gasteiger partial charge >= 0.3 is 5.97 Å². The van der Waals surface area contributed by atoms with Crippen LogP contribution in [0.25, 0.3) is 6.08 Å². The molecule has 3 nitrogen and oxygen atoms in total. The smallest absolute Gasteiger partial charge is 0.328 e. The number of carboxylic acid groups (broad SMARTS) is 1. The number of aliphatic carboxylic acids is 1. The first kappa shape index (κ1) is 23.5. The lowest BCUT2D eigenvalue weighted by atomic mass is 9.63. The van der Waals surface area contributed by atoms with Crippen LogP contribution in [0.15, 0.2) is 42.0 Å². The summed E-state index contributed by atoms with van der Waals surface area (Å²) in [4.78, 5) is 10.7. The number of fused-ring (bicyclic) bond motifs is 1. The van der Waals surface area contributed by atoms with E-state index in [0.717, 1.165) is 30.6 Å². The summed E-state index contributed by atoms with van der Waals surface area (Å²) in [5, 5.41) is 8.82. The molecule has 0 fully saturated rings. The Balaban J connectivity index is 2.44. The molecule has 0 spiro atoms. The zero-order chi connectivity index (χ0) is 22.4. The maximum absolute atomic E-state index is 10.7. The molecule has 0 radical (unpaired) electrons. The number of ether oxygens (including phenoxy) is 1. The van der Waals surface area contributed by atoms with E-state index in [4.69, 9.17) is 9.84 Å². The van der Waals surface area contributed by atoms with Gasteiger partial charge in [0.25, 0.3) is 0 Å². The predicted octanol–water partition coefficient (Wildman–Crippen LogP) is 6.43. The van der Waals surface area contributed by atoms with Crippen molar-refractivity contribution in [1.29, 1.82) is 0 Å². The van der Waals surface area contributed by atoms with Gasteiger partial charge in [0.05, 0.1) is 0 Å². The molecule has 1 aromatic rings. The number of rotatable bonds is 6. The first-order chi connectivity index (χ1) is 14.1. The van der Waals surface area contributed by atoms with E-state index in [9.17, 15) is 4.79 Å². The quantitative estimate of drug-likeness (QED) is 0.336. The summed E-state index contributed by atoms with van der Waals surface area (Å²) >= 11 is 0. The average molecular weight is 407 g/mol. The van der Waals surface area contributed by atoms with Gasteiger partial charge in [0.2, 0.25) is 0 Å². The topological polar surface area (TPSA) is 46.5 Å². The second kappa shape index (κ2) is 9.85. The fraction of sp³-hybridized carbons (Fsp3) is 0.444. The van der Waals surface area contributed by atoms with Crippen molar-refractivity contribution in [1.82, 2.24) is 0 Å². The molecule has 1 aliphatic carbocycles. The molecule has 0 saturated carbocycles. The Kier molecular flexibility index (Phi) is 7.73. The van der Waals surface area contributed by atoms with E-state index < -0.39 is 5.97 Å². The highest BCUT2D eigenvalue weighted by atomic mass is 16.5. The van der Waals surface area contributed by atoms with E-state index >= 15 is 0 Å². The van der Waals surface area contributed by atoms with Crippen LogP contribution in [0.4, 0.5) is 0 Å². The Morgan fingerprint density at radius 3 is 2.33 bits per heavy atom. The van der Waals surface area contributed by atoms with Crippen molar-refractivity contribution in [2.75, 3.05) is 6.61 Å². The number of hydrogen-bond acceptors (Lipinski definition) is 2. The van der Waals surface area contributed by atoms with Crippen LogP contribution in [0, 0.1) is 11.8 Å². The van der Waals surface area contributed by atoms with Gasteiger partial charge in [-0.3, -0.25) is 0 Å². The van der Waals surface area contributed by atoms with Crippen molar-refractivity contribution in [3.8, 4) is 17.6 Å². The van der Waals surface area contributed by atoms with Crippen LogP contribution in [0.2, 0.25) is 0 Å². The minimum atomic E-state index is -0.940. The van der Waals surface area contributed by atoms with E-state index in [1.165, 1.54) is 17.2 Å². The fourth-order valence-electron chi connectivity index (χ4n) is 3.77. The number of benzene rings is 1. The van der Waals surface area contributed by atoms with E-state index in [1.807, 2.05) is 25.2 Å². The Bertz CT molecular complexity index is 931. The highest BCUT2D eigenvalue weighted by Gasteiger charge is 2.37. The molecule has 0 heterocycles. The van der Waals surface area contributed by atoms with E-state index in [2.05, 4.69) is 51.7 Å². The van der Waals surface area contributed by atoms with Crippen molar-refractivity contribution < 1.29 is 14.6 Å². The number of carboxylic acids is 1. The lowest BCUT2D eigenvalue weighted by Gasteiger charge is -2.42. The standard InChI is InChI=1S/C27H34O3/c1-7-8-11-16-30-24-19-23-22(26(3,4)14-15-27(23,5)6)18-21(24)13-10-9-12-20(2)17-25(28)29/h9-10,12-13,17-19H,7,14-16H2,1-6H3,(H,28,29). The largest absolute Gasteiger partial charge is 0.480 e.